The number of carbonyl (C=O) groups is 1. The second-order valence-electron chi connectivity index (χ2n) is 5.99. The summed E-state index contributed by atoms with van der Waals surface area (Å²) >= 11 is 0. The summed E-state index contributed by atoms with van der Waals surface area (Å²) in [4.78, 5) is 13.9. The lowest BCUT2D eigenvalue weighted by Crippen LogP contribution is -2.34. The number of nitrogens with two attached hydrogens (primary N) is 1. The third kappa shape index (κ3) is 1.65. The molecule has 2 N–H and O–H groups in total. The molecule has 1 unspecified atom stereocenters. The molecule has 2 rings (SSSR count). The van der Waals surface area contributed by atoms with E-state index in [0.29, 0.717) is 0 Å². The predicted octanol–water partition coefficient (Wildman–Crippen LogP) is 2.52. The van der Waals surface area contributed by atoms with Crippen LogP contribution in [0, 0.1) is 0 Å². The molecule has 0 saturated heterocycles. The molecule has 0 saturated carbocycles. The van der Waals surface area contributed by atoms with E-state index in [0.717, 1.165) is 23.2 Å². The molecule has 3 heteroatoms. The van der Waals surface area contributed by atoms with Crippen molar-refractivity contribution >= 4 is 11.6 Å². The quantitative estimate of drug-likeness (QED) is 0.871. The molecule has 98 valence electrons. The zero-order valence-corrected chi connectivity index (χ0v) is 11.9. The predicted molar refractivity (Wildman–Crippen MR) is 74.7 cm³/mol. The van der Waals surface area contributed by atoms with Gasteiger partial charge in [-0.25, -0.2) is 0 Å². The van der Waals surface area contributed by atoms with Gasteiger partial charge in [0.15, 0.2) is 0 Å². The normalized spacial score (nSPS) is 20.8. The Balaban J connectivity index is 2.59. The molecule has 0 fully saturated rings. The van der Waals surface area contributed by atoms with Crippen LogP contribution in [-0.4, -0.2) is 13.0 Å². The maximum atomic E-state index is 12.2. The highest BCUT2D eigenvalue weighted by Crippen LogP contribution is 2.42. The molecule has 1 amide bonds. The van der Waals surface area contributed by atoms with Crippen LogP contribution in [0.5, 0.6) is 0 Å². The van der Waals surface area contributed by atoms with Gasteiger partial charge in [0, 0.05) is 18.3 Å². The number of hydrogen-bond donors (Lipinski definition) is 1. The van der Waals surface area contributed by atoms with E-state index in [1.54, 1.807) is 4.90 Å². The van der Waals surface area contributed by atoms with Gasteiger partial charge in [-0.1, -0.05) is 19.1 Å². The highest BCUT2D eigenvalue weighted by Gasteiger charge is 2.42. The summed E-state index contributed by atoms with van der Waals surface area (Å²) in [6.45, 7) is 8.06. The molecule has 1 aromatic rings. The summed E-state index contributed by atoms with van der Waals surface area (Å²) in [5.41, 5.74) is 8.68. The number of fused-ring (bicyclic) bond motifs is 1. The maximum Gasteiger partial charge on any atom is 0.236 e. The second-order valence-corrected chi connectivity index (χ2v) is 5.99. The Morgan fingerprint density at radius 2 is 2.00 bits per heavy atom. The average Bonchev–Trinajstić information content (AvgIpc) is 2.51. The van der Waals surface area contributed by atoms with Crippen LogP contribution >= 0.6 is 0 Å². The van der Waals surface area contributed by atoms with Gasteiger partial charge >= 0.3 is 0 Å². The number of amides is 1. The smallest absolute Gasteiger partial charge is 0.236 e. The highest BCUT2D eigenvalue weighted by molar-refractivity contribution is 6.07. The molecule has 1 aliphatic heterocycles. The van der Waals surface area contributed by atoms with E-state index in [4.69, 9.17) is 5.73 Å². The Hall–Kier alpha value is -1.35. The van der Waals surface area contributed by atoms with E-state index in [1.165, 1.54) is 0 Å². The Morgan fingerprint density at radius 3 is 2.56 bits per heavy atom. The van der Waals surface area contributed by atoms with Crippen LogP contribution in [0.3, 0.4) is 0 Å². The van der Waals surface area contributed by atoms with Gasteiger partial charge in [-0.3, -0.25) is 4.79 Å². The molecule has 1 aliphatic rings. The van der Waals surface area contributed by atoms with Crippen molar-refractivity contribution in [1.82, 2.24) is 0 Å². The number of benzene rings is 1. The lowest BCUT2D eigenvalue weighted by Gasteiger charge is -2.25. The van der Waals surface area contributed by atoms with E-state index in [-0.39, 0.29) is 11.4 Å². The van der Waals surface area contributed by atoms with E-state index in [1.807, 2.05) is 40.0 Å². The molecule has 1 aromatic carbocycles. The molecular weight excluding hydrogens is 224 g/mol. The van der Waals surface area contributed by atoms with Crippen molar-refractivity contribution in [3.63, 3.8) is 0 Å². The van der Waals surface area contributed by atoms with E-state index >= 15 is 0 Å². The third-order valence-electron chi connectivity index (χ3n) is 4.26. The van der Waals surface area contributed by atoms with E-state index in [9.17, 15) is 4.79 Å². The molecule has 1 heterocycles. The first-order valence-corrected chi connectivity index (χ1v) is 6.44. The number of carbonyl (C=O) groups excluding carboxylic acids is 1. The SMILES string of the molecule is CCC(C)(N)c1ccc2c(c1)C(C)(C)C(=O)N2C. The van der Waals surface area contributed by atoms with Gasteiger partial charge < -0.3 is 10.6 Å². The summed E-state index contributed by atoms with van der Waals surface area (Å²) in [5.74, 6) is 0.143. The van der Waals surface area contributed by atoms with Crippen LogP contribution in [0.2, 0.25) is 0 Å². The maximum absolute atomic E-state index is 12.2. The topological polar surface area (TPSA) is 46.3 Å². The van der Waals surface area contributed by atoms with Crippen LogP contribution in [0.4, 0.5) is 5.69 Å². The van der Waals surface area contributed by atoms with Crippen molar-refractivity contribution in [3.8, 4) is 0 Å². The van der Waals surface area contributed by atoms with Gasteiger partial charge in [0.05, 0.1) is 5.41 Å². The van der Waals surface area contributed by atoms with Crippen LogP contribution in [0.15, 0.2) is 18.2 Å². The van der Waals surface area contributed by atoms with Gasteiger partial charge in [-0.05, 0) is 44.4 Å². The van der Waals surface area contributed by atoms with Crippen LogP contribution < -0.4 is 10.6 Å². The van der Waals surface area contributed by atoms with Crippen molar-refractivity contribution < 1.29 is 4.79 Å². The standard InChI is InChI=1S/C15H22N2O/c1-6-15(4,16)10-7-8-12-11(9-10)14(2,3)13(18)17(12)5/h7-9H,6,16H2,1-5H3. The summed E-state index contributed by atoms with van der Waals surface area (Å²) in [7, 11) is 1.83. The first-order valence-electron chi connectivity index (χ1n) is 6.44. The monoisotopic (exact) mass is 246 g/mol. The average molecular weight is 246 g/mol. The van der Waals surface area contributed by atoms with E-state index < -0.39 is 5.41 Å². The minimum Gasteiger partial charge on any atom is -0.322 e. The highest BCUT2D eigenvalue weighted by atomic mass is 16.2. The molecule has 0 radical (unpaired) electrons. The fourth-order valence-electron chi connectivity index (χ4n) is 2.53. The minimum atomic E-state index is -0.454. The molecule has 0 spiro atoms. The first-order chi connectivity index (χ1) is 8.21. The summed E-state index contributed by atoms with van der Waals surface area (Å²) in [6.07, 6.45) is 0.871. The van der Waals surface area contributed by atoms with Gasteiger partial charge in [-0.2, -0.15) is 0 Å². The van der Waals surface area contributed by atoms with Crippen molar-refractivity contribution in [2.45, 2.75) is 45.1 Å². The Bertz CT molecular complexity index is 503. The number of rotatable bonds is 2. The molecule has 3 nitrogen and oxygen atoms in total. The largest absolute Gasteiger partial charge is 0.322 e. The number of anilines is 1. The zero-order chi connectivity index (χ0) is 13.7. The number of nitrogens with zero attached hydrogens (tertiary/aromatic N) is 1. The fraction of sp³-hybridized carbons (Fsp3) is 0.533. The summed E-state index contributed by atoms with van der Waals surface area (Å²) < 4.78 is 0. The second kappa shape index (κ2) is 3.82. The molecule has 18 heavy (non-hydrogen) atoms. The van der Waals surface area contributed by atoms with Crippen LogP contribution in [0.1, 0.15) is 45.2 Å². The third-order valence-corrected chi connectivity index (χ3v) is 4.26. The zero-order valence-electron chi connectivity index (χ0n) is 11.9. The Labute approximate surface area is 109 Å². The van der Waals surface area contributed by atoms with Crippen molar-refractivity contribution in [2.75, 3.05) is 11.9 Å². The van der Waals surface area contributed by atoms with Gasteiger partial charge in [0.2, 0.25) is 5.91 Å². The van der Waals surface area contributed by atoms with Crippen LogP contribution in [-0.2, 0) is 15.7 Å². The number of hydrogen-bond acceptors (Lipinski definition) is 2. The Morgan fingerprint density at radius 1 is 1.39 bits per heavy atom. The molecule has 0 aromatic heterocycles. The minimum absolute atomic E-state index is 0.143. The summed E-state index contributed by atoms with van der Waals surface area (Å²) in [5, 5.41) is 0. The molecule has 0 aliphatic carbocycles. The van der Waals surface area contributed by atoms with Gasteiger partial charge in [-0.15, -0.1) is 0 Å². The van der Waals surface area contributed by atoms with Crippen molar-refractivity contribution in [2.24, 2.45) is 5.73 Å². The summed E-state index contributed by atoms with van der Waals surface area (Å²) in [6, 6.07) is 6.14. The fourth-order valence-corrected chi connectivity index (χ4v) is 2.53. The van der Waals surface area contributed by atoms with E-state index in [2.05, 4.69) is 13.0 Å². The lowest BCUT2D eigenvalue weighted by atomic mass is 9.82. The first kappa shape index (κ1) is 13.1. The lowest BCUT2D eigenvalue weighted by molar-refractivity contribution is -0.121. The van der Waals surface area contributed by atoms with Crippen molar-refractivity contribution in [1.29, 1.82) is 0 Å². The van der Waals surface area contributed by atoms with Crippen LogP contribution in [0.25, 0.3) is 0 Å². The molecule has 1 atom stereocenters. The molecular formula is C15H22N2O. The molecule has 0 bridgehead atoms. The van der Waals surface area contributed by atoms with Crippen molar-refractivity contribution in [3.05, 3.63) is 29.3 Å². The van der Waals surface area contributed by atoms with Gasteiger partial charge in [0.1, 0.15) is 0 Å². The number of likely N-dealkylation sites (N-methyl/N-ethyl adjacent to an activating group) is 1. The van der Waals surface area contributed by atoms with Gasteiger partial charge in [0.25, 0.3) is 0 Å². The Kier molecular flexibility index (Phi) is 2.78.